The third kappa shape index (κ3) is 3.42. The van der Waals surface area contributed by atoms with Gasteiger partial charge in [0.05, 0.1) is 11.3 Å². The summed E-state index contributed by atoms with van der Waals surface area (Å²) in [5, 5.41) is 5.45. The van der Waals surface area contributed by atoms with Gasteiger partial charge in [0.2, 0.25) is 0 Å². The van der Waals surface area contributed by atoms with Crippen molar-refractivity contribution in [3.8, 4) is 11.3 Å². The number of anilines is 1. The number of rotatable bonds is 3. The average Bonchev–Trinajstić information content (AvgIpc) is 2.99. The number of amides is 1. The van der Waals surface area contributed by atoms with Crippen molar-refractivity contribution < 1.29 is 4.79 Å². The number of nitrogens with zero attached hydrogens (tertiary/aromatic N) is 1. The van der Waals surface area contributed by atoms with Crippen LogP contribution in [-0.2, 0) is 0 Å². The van der Waals surface area contributed by atoms with E-state index in [1.807, 2.05) is 23.6 Å². The Bertz CT molecular complexity index is 917. The first-order chi connectivity index (χ1) is 11.5. The molecule has 0 fully saturated rings. The third-order valence-electron chi connectivity index (χ3n) is 3.96. The van der Waals surface area contributed by atoms with Crippen molar-refractivity contribution in [1.82, 2.24) is 4.98 Å². The highest BCUT2D eigenvalue weighted by atomic mass is 79.9. The number of aromatic nitrogens is 1. The standard InChI is InChI=1S/C19H17BrN2OS/c1-11-8-13(3)15(9-12(11)2)17-10-24-19(21-17)22-18(23)14-6-4-5-7-16(14)20/h4-10H,1-3H3,(H,21,22,23). The van der Waals surface area contributed by atoms with E-state index in [0.717, 1.165) is 15.7 Å². The van der Waals surface area contributed by atoms with E-state index in [1.54, 1.807) is 6.07 Å². The molecule has 1 amide bonds. The molecule has 0 atom stereocenters. The maximum Gasteiger partial charge on any atom is 0.258 e. The molecule has 24 heavy (non-hydrogen) atoms. The second kappa shape index (κ2) is 6.87. The van der Waals surface area contributed by atoms with E-state index < -0.39 is 0 Å². The molecule has 0 aliphatic carbocycles. The summed E-state index contributed by atoms with van der Waals surface area (Å²) in [6.07, 6.45) is 0. The summed E-state index contributed by atoms with van der Waals surface area (Å²) < 4.78 is 0.768. The van der Waals surface area contributed by atoms with Crippen LogP contribution in [0.25, 0.3) is 11.3 Å². The number of halogens is 1. The maximum absolute atomic E-state index is 12.4. The molecule has 0 aliphatic heterocycles. The van der Waals surface area contributed by atoms with Crippen LogP contribution in [0.1, 0.15) is 27.0 Å². The molecule has 3 nitrogen and oxygen atoms in total. The summed E-state index contributed by atoms with van der Waals surface area (Å²) in [5.74, 6) is -0.166. The number of benzene rings is 2. The predicted molar refractivity (Wildman–Crippen MR) is 104 cm³/mol. The zero-order chi connectivity index (χ0) is 17.3. The Morgan fingerprint density at radius 3 is 2.54 bits per heavy atom. The molecule has 0 radical (unpaired) electrons. The van der Waals surface area contributed by atoms with Gasteiger partial charge >= 0.3 is 0 Å². The molecule has 3 rings (SSSR count). The van der Waals surface area contributed by atoms with E-state index in [4.69, 9.17) is 0 Å². The van der Waals surface area contributed by atoms with Crippen molar-refractivity contribution in [3.63, 3.8) is 0 Å². The molecule has 122 valence electrons. The van der Waals surface area contributed by atoms with Crippen LogP contribution in [0.2, 0.25) is 0 Å². The van der Waals surface area contributed by atoms with Gasteiger partial charge in [-0.2, -0.15) is 0 Å². The fourth-order valence-corrected chi connectivity index (χ4v) is 3.67. The first-order valence-corrected chi connectivity index (χ1v) is 9.22. The predicted octanol–water partition coefficient (Wildman–Crippen LogP) is 5.75. The normalized spacial score (nSPS) is 10.7. The topological polar surface area (TPSA) is 42.0 Å². The number of aryl methyl sites for hydroxylation is 3. The monoisotopic (exact) mass is 400 g/mol. The van der Waals surface area contributed by atoms with Crippen LogP contribution in [0.15, 0.2) is 46.3 Å². The van der Waals surface area contributed by atoms with Crippen molar-refractivity contribution in [2.45, 2.75) is 20.8 Å². The van der Waals surface area contributed by atoms with E-state index in [9.17, 15) is 4.79 Å². The minimum Gasteiger partial charge on any atom is -0.298 e. The lowest BCUT2D eigenvalue weighted by atomic mass is 9.99. The summed E-state index contributed by atoms with van der Waals surface area (Å²) >= 11 is 4.83. The molecule has 0 bridgehead atoms. The highest BCUT2D eigenvalue weighted by Crippen LogP contribution is 2.30. The number of hydrogen-bond donors (Lipinski definition) is 1. The van der Waals surface area contributed by atoms with E-state index in [0.29, 0.717) is 10.7 Å². The molecule has 2 aromatic carbocycles. The second-order valence-corrected chi connectivity index (χ2v) is 7.44. The molecule has 1 N–H and O–H groups in total. The number of hydrogen-bond acceptors (Lipinski definition) is 3. The Morgan fingerprint density at radius 1 is 1.08 bits per heavy atom. The number of carbonyl (C=O) groups excluding carboxylic acids is 1. The van der Waals surface area contributed by atoms with Crippen LogP contribution in [-0.4, -0.2) is 10.9 Å². The zero-order valence-corrected chi connectivity index (χ0v) is 16.1. The molecule has 1 heterocycles. The first-order valence-electron chi connectivity index (χ1n) is 7.55. The third-order valence-corrected chi connectivity index (χ3v) is 5.41. The number of thiazole rings is 1. The first kappa shape index (κ1) is 16.9. The summed E-state index contributed by atoms with van der Waals surface area (Å²) in [7, 11) is 0. The zero-order valence-electron chi connectivity index (χ0n) is 13.7. The van der Waals surface area contributed by atoms with Gasteiger partial charge in [0.15, 0.2) is 5.13 Å². The quantitative estimate of drug-likeness (QED) is 0.607. The number of carbonyl (C=O) groups is 1. The lowest BCUT2D eigenvalue weighted by Crippen LogP contribution is -2.12. The largest absolute Gasteiger partial charge is 0.298 e. The summed E-state index contributed by atoms with van der Waals surface area (Å²) in [4.78, 5) is 17.0. The van der Waals surface area contributed by atoms with Gasteiger partial charge in [-0.3, -0.25) is 10.1 Å². The molecule has 3 aromatic rings. The van der Waals surface area contributed by atoms with E-state index in [-0.39, 0.29) is 5.91 Å². The lowest BCUT2D eigenvalue weighted by Gasteiger charge is -2.07. The summed E-state index contributed by atoms with van der Waals surface area (Å²) in [6, 6.07) is 11.7. The summed E-state index contributed by atoms with van der Waals surface area (Å²) in [6.45, 7) is 6.29. The van der Waals surface area contributed by atoms with E-state index in [1.165, 1.54) is 28.0 Å². The molecule has 0 aliphatic rings. The van der Waals surface area contributed by atoms with Gasteiger partial charge in [-0.15, -0.1) is 11.3 Å². The highest BCUT2D eigenvalue weighted by Gasteiger charge is 2.13. The van der Waals surface area contributed by atoms with Gasteiger partial charge in [-0.25, -0.2) is 4.98 Å². The van der Waals surface area contributed by atoms with Crippen LogP contribution >= 0.6 is 27.3 Å². The molecule has 1 aromatic heterocycles. The Hall–Kier alpha value is -1.98. The Balaban J connectivity index is 1.85. The van der Waals surface area contributed by atoms with Gasteiger partial charge in [0, 0.05) is 15.4 Å². The van der Waals surface area contributed by atoms with Gasteiger partial charge in [-0.05, 0) is 71.6 Å². The van der Waals surface area contributed by atoms with Crippen LogP contribution in [0.3, 0.4) is 0 Å². The lowest BCUT2D eigenvalue weighted by molar-refractivity contribution is 0.102. The van der Waals surface area contributed by atoms with Crippen LogP contribution in [0, 0.1) is 20.8 Å². The van der Waals surface area contributed by atoms with Gasteiger partial charge in [-0.1, -0.05) is 18.2 Å². The van der Waals surface area contributed by atoms with Gasteiger partial charge < -0.3 is 0 Å². The molecule has 0 spiro atoms. The second-order valence-electron chi connectivity index (χ2n) is 5.72. The molecule has 0 saturated heterocycles. The molecular weight excluding hydrogens is 384 g/mol. The van der Waals surface area contributed by atoms with Crippen LogP contribution in [0.4, 0.5) is 5.13 Å². The molecule has 0 unspecified atom stereocenters. The van der Waals surface area contributed by atoms with Crippen molar-refractivity contribution in [3.05, 3.63) is 68.5 Å². The maximum atomic E-state index is 12.4. The van der Waals surface area contributed by atoms with Gasteiger partial charge in [0.1, 0.15) is 0 Å². The van der Waals surface area contributed by atoms with Crippen molar-refractivity contribution in [2.75, 3.05) is 5.32 Å². The van der Waals surface area contributed by atoms with Crippen molar-refractivity contribution in [1.29, 1.82) is 0 Å². The van der Waals surface area contributed by atoms with Crippen LogP contribution < -0.4 is 5.32 Å². The van der Waals surface area contributed by atoms with Crippen molar-refractivity contribution >= 4 is 38.3 Å². The SMILES string of the molecule is Cc1cc(C)c(-c2csc(NC(=O)c3ccccc3Br)n2)cc1C. The summed E-state index contributed by atoms with van der Waals surface area (Å²) in [5.41, 5.74) is 6.29. The Morgan fingerprint density at radius 2 is 1.79 bits per heavy atom. The van der Waals surface area contributed by atoms with Gasteiger partial charge in [0.25, 0.3) is 5.91 Å². The molecular formula is C19H17BrN2OS. The fourth-order valence-electron chi connectivity index (χ4n) is 2.50. The average molecular weight is 401 g/mol. The van der Waals surface area contributed by atoms with E-state index in [2.05, 4.69) is 59.1 Å². The minimum atomic E-state index is -0.166. The smallest absolute Gasteiger partial charge is 0.258 e. The molecule has 0 saturated carbocycles. The highest BCUT2D eigenvalue weighted by molar-refractivity contribution is 9.10. The number of nitrogens with one attached hydrogen (secondary N) is 1. The van der Waals surface area contributed by atoms with E-state index >= 15 is 0 Å². The Labute approximate surface area is 153 Å². The molecule has 5 heteroatoms. The Kier molecular flexibility index (Phi) is 4.83. The minimum absolute atomic E-state index is 0.166. The van der Waals surface area contributed by atoms with Crippen LogP contribution in [0.5, 0.6) is 0 Å². The van der Waals surface area contributed by atoms with Crippen molar-refractivity contribution in [2.24, 2.45) is 0 Å². The fraction of sp³-hybridized carbons (Fsp3) is 0.158.